The molecule has 0 bridgehead atoms. The molecule has 0 amide bonds. The summed E-state index contributed by atoms with van der Waals surface area (Å²) in [6.45, 7) is 1.80. The van der Waals surface area contributed by atoms with E-state index in [0.717, 1.165) is 5.56 Å². The van der Waals surface area contributed by atoms with Gasteiger partial charge in [0.2, 0.25) is 0 Å². The van der Waals surface area contributed by atoms with E-state index in [2.05, 4.69) is 10.2 Å². The van der Waals surface area contributed by atoms with Crippen LogP contribution in [0, 0.1) is 27.4 Å². The van der Waals surface area contributed by atoms with Crippen LogP contribution in [0.4, 0.5) is 17.1 Å². The molecule has 2 aromatic carbocycles. The number of nitrogens with zero attached hydrogens (tertiary/aromatic N) is 4. The predicted octanol–water partition coefficient (Wildman–Crippen LogP) is 4.60. The van der Waals surface area contributed by atoms with Gasteiger partial charge in [0.25, 0.3) is 5.69 Å². The zero-order valence-corrected chi connectivity index (χ0v) is 14.0. The number of benzene rings is 2. The summed E-state index contributed by atoms with van der Waals surface area (Å²) in [5.41, 5.74) is 1.28. The van der Waals surface area contributed by atoms with Gasteiger partial charge in [0.15, 0.2) is 5.69 Å². The van der Waals surface area contributed by atoms with Gasteiger partial charge in [-0.3, -0.25) is 14.9 Å². The van der Waals surface area contributed by atoms with Gasteiger partial charge in [-0.2, -0.15) is 10.4 Å². The minimum absolute atomic E-state index is 0.0542. The number of ether oxygens (including phenoxy) is 1. The molecule has 0 saturated carbocycles. The van der Waals surface area contributed by atoms with E-state index >= 15 is 0 Å². The van der Waals surface area contributed by atoms with Crippen molar-refractivity contribution < 1.29 is 14.5 Å². The molecule has 0 saturated heterocycles. The maximum Gasteiger partial charge on any atom is 0.323 e. The van der Waals surface area contributed by atoms with E-state index in [1.807, 2.05) is 6.07 Å². The molecule has 0 N–H and O–H groups in total. The Labute approximate surface area is 149 Å². The number of rotatable bonds is 7. The average Bonchev–Trinajstić information content (AvgIpc) is 2.66. The van der Waals surface area contributed by atoms with Crippen molar-refractivity contribution in [3.63, 3.8) is 0 Å². The highest BCUT2D eigenvalue weighted by Gasteiger charge is 2.16. The van der Waals surface area contributed by atoms with Gasteiger partial charge in [-0.15, -0.1) is 5.11 Å². The molecule has 0 aromatic heterocycles. The summed E-state index contributed by atoms with van der Waals surface area (Å²) in [5, 5.41) is 27.6. The number of hydrogen-bond donors (Lipinski definition) is 0. The molecule has 0 aliphatic heterocycles. The average molecular weight is 352 g/mol. The maximum absolute atomic E-state index is 11.7. The minimum atomic E-state index is -0.760. The van der Waals surface area contributed by atoms with E-state index in [0.29, 0.717) is 12.1 Å². The second kappa shape index (κ2) is 9.03. The van der Waals surface area contributed by atoms with Gasteiger partial charge in [0.05, 0.1) is 16.7 Å². The fraction of sp³-hybridized carbons (Fsp3) is 0.222. The van der Waals surface area contributed by atoms with Crippen LogP contribution in [0.15, 0.2) is 58.8 Å². The summed E-state index contributed by atoms with van der Waals surface area (Å²) in [6.07, 6.45) is 0.403. The van der Waals surface area contributed by atoms with Crippen molar-refractivity contribution in [2.75, 3.05) is 0 Å². The third kappa shape index (κ3) is 4.95. The van der Waals surface area contributed by atoms with Crippen LogP contribution in [-0.4, -0.2) is 10.9 Å². The summed E-state index contributed by atoms with van der Waals surface area (Å²) >= 11 is 0. The molecule has 26 heavy (non-hydrogen) atoms. The van der Waals surface area contributed by atoms with Crippen LogP contribution in [0.25, 0.3) is 0 Å². The molecule has 0 heterocycles. The van der Waals surface area contributed by atoms with Gasteiger partial charge in [0.1, 0.15) is 12.5 Å². The minimum Gasteiger partial charge on any atom is -0.460 e. The van der Waals surface area contributed by atoms with E-state index in [9.17, 15) is 14.9 Å². The Kier molecular flexibility index (Phi) is 6.51. The molecule has 2 aromatic rings. The number of nitriles is 1. The lowest BCUT2D eigenvalue weighted by molar-refractivity contribution is -0.384. The molecular weight excluding hydrogens is 336 g/mol. The summed E-state index contributed by atoms with van der Waals surface area (Å²) in [5.74, 6) is -1.31. The molecule has 1 atom stereocenters. The maximum atomic E-state index is 11.7. The summed E-state index contributed by atoms with van der Waals surface area (Å²) in [4.78, 5) is 22.1. The van der Waals surface area contributed by atoms with E-state index < -0.39 is 16.8 Å². The van der Waals surface area contributed by atoms with Gasteiger partial charge in [-0.1, -0.05) is 31.2 Å². The number of hydrogen-bond acceptors (Lipinski definition) is 7. The highest BCUT2D eigenvalue weighted by Crippen LogP contribution is 2.28. The molecule has 0 radical (unpaired) electrons. The second-order valence-electron chi connectivity index (χ2n) is 5.31. The van der Waals surface area contributed by atoms with Crippen molar-refractivity contribution in [1.82, 2.24) is 0 Å². The molecule has 8 nitrogen and oxygen atoms in total. The van der Waals surface area contributed by atoms with Gasteiger partial charge < -0.3 is 4.74 Å². The molecule has 132 valence electrons. The number of para-hydroxylation sites is 1. The summed E-state index contributed by atoms with van der Waals surface area (Å²) in [7, 11) is 0. The van der Waals surface area contributed by atoms with E-state index in [4.69, 9.17) is 10.00 Å². The molecular formula is C18H16N4O4. The molecule has 0 fully saturated rings. The van der Waals surface area contributed by atoms with Gasteiger partial charge in [0, 0.05) is 6.07 Å². The third-order valence-corrected chi connectivity index (χ3v) is 3.52. The SMILES string of the molecule is CCC(C#N)C(=O)OCc1ccc(N=Nc2ccccc2[N+](=O)[O-])cc1. The Morgan fingerprint density at radius 1 is 1.23 bits per heavy atom. The lowest BCUT2D eigenvalue weighted by Gasteiger charge is -2.07. The third-order valence-electron chi connectivity index (χ3n) is 3.52. The smallest absolute Gasteiger partial charge is 0.323 e. The van der Waals surface area contributed by atoms with Crippen LogP contribution in [0.5, 0.6) is 0 Å². The Balaban J connectivity index is 2.01. The first kappa shape index (κ1) is 18.7. The summed E-state index contributed by atoms with van der Waals surface area (Å²) < 4.78 is 5.09. The van der Waals surface area contributed by atoms with Crippen molar-refractivity contribution in [3.8, 4) is 6.07 Å². The largest absolute Gasteiger partial charge is 0.460 e. The van der Waals surface area contributed by atoms with E-state index in [1.54, 1.807) is 43.3 Å². The molecule has 0 aliphatic carbocycles. The lowest BCUT2D eigenvalue weighted by atomic mass is 10.1. The van der Waals surface area contributed by atoms with Gasteiger partial charge >= 0.3 is 5.97 Å². The van der Waals surface area contributed by atoms with Crippen molar-refractivity contribution in [2.24, 2.45) is 16.1 Å². The Hall–Kier alpha value is -3.60. The Morgan fingerprint density at radius 2 is 1.92 bits per heavy atom. The second-order valence-corrected chi connectivity index (χ2v) is 5.31. The Bertz CT molecular complexity index is 856. The zero-order valence-electron chi connectivity index (χ0n) is 14.0. The normalized spacial score (nSPS) is 11.7. The summed E-state index contributed by atoms with van der Waals surface area (Å²) in [6, 6.07) is 14.7. The van der Waals surface area contributed by atoms with Crippen LogP contribution in [-0.2, 0) is 16.1 Å². The molecule has 0 spiro atoms. The van der Waals surface area contributed by atoms with Gasteiger partial charge in [-0.25, -0.2) is 0 Å². The first-order valence-corrected chi connectivity index (χ1v) is 7.85. The highest BCUT2D eigenvalue weighted by atomic mass is 16.6. The number of carbonyl (C=O) groups excluding carboxylic acids is 1. The fourth-order valence-corrected chi connectivity index (χ4v) is 2.04. The van der Waals surface area contributed by atoms with Crippen molar-refractivity contribution in [1.29, 1.82) is 5.26 Å². The fourth-order valence-electron chi connectivity index (χ4n) is 2.04. The van der Waals surface area contributed by atoms with Crippen molar-refractivity contribution >= 4 is 23.0 Å². The monoisotopic (exact) mass is 352 g/mol. The number of azo groups is 1. The van der Waals surface area contributed by atoms with Crippen molar-refractivity contribution in [3.05, 3.63) is 64.2 Å². The number of carbonyl (C=O) groups is 1. The van der Waals surface area contributed by atoms with Crippen LogP contribution >= 0.6 is 0 Å². The first-order valence-electron chi connectivity index (χ1n) is 7.85. The van der Waals surface area contributed by atoms with Gasteiger partial charge in [-0.05, 0) is 30.2 Å². The zero-order chi connectivity index (χ0) is 18.9. The van der Waals surface area contributed by atoms with E-state index in [-0.39, 0.29) is 18.0 Å². The standard InChI is InChI=1S/C18H16N4O4/c1-2-14(11-19)18(23)26-12-13-7-9-15(10-8-13)20-21-16-5-3-4-6-17(16)22(24)25/h3-10,14H,2,12H2,1H3. The Morgan fingerprint density at radius 3 is 2.54 bits per heavy atom. The van der Waals surface area contributed by atoms with E-state index in [1.165, 1.54) is 12.1 Å². The lowest BCUT2D eigenvalue weighted by Crippen LogP contribution is -2.15. The van der Waals surface area contributed by atoms with Crippen LogP contribution in [0.1, 0.15) is 18.9 Å². The number of nitro groups is 1. The van der Waals surface area contributed by atoms with Crippen molar-refractivity contribution in [2.45, 2.75) is 20.0 Å². The van der Waals surface area contributed by atoms with Crippen LogP contribution in [0.3, 0.4) is 0 Å². The first-order chi connectivity index (χ1) is 12.5. The predicted molar refractivity (Wildman–Crippen MR) is 92.9 cm³/mol. The molecule has 1 unspecified atom stereocenters. The molecule has 8 heteroatoms. The number of nitro benzene ring substituents is 1. The molecule has 0 aliphatic rings. The van der Waals surface area contributed by atoms with Crippen LogP contribution < -0.4 is 0 Å². The quantitative estimate of drug-likeness (QED) is 0.312. The number of esters is 1. The van der Waals surface area contributed by atoms with Crippen LogP contribution in [0.2, 0.25) is 0 Å². The topological polar surface area (TPSA) is 118 Å². The molecule has 2 rings (SSSR count). The highest BCUT2D eigenvalue weighted by molar-refractivity contribution is 5.75.